The number of piperidine rings is 1. The van der Waals surface area contributed by atoms with Gasteiger partial charge in [-0.05, 0) is 43.5 Å². The molecule has 1 N–H and O–H groups in total. The Morgan fingerprint density at radius 3 is 2.47 bits per heavy atom. The highest BCUT2D eigenvalue weighted by molar-refractivity contribution is 5.80. The van der Waals surface area contributed by atoms with Crippen LogP contribution >= 0.6 is 0 Å². The fraction of sp³-hybridized carbons (Fsp3) is 0.286. The molecule has 0 spiro atoms. The van der Waals surface area contributed by atoms with Crippen molar-refractivity contribution in [1.29, 1.82) is 0 Å². The van der Waals surface area contributed by atoms with Gasteiger partial charge in [0.2, 0.25) is 11.9 Å². The molecule has 1 saturated heterocycles. The highest BCUT2D eigenvalue weighted by Crippen LogP contribution is 2.28. The SMILES string of the molecule is Cc1ccc(CNC(=O)C2CCN(c3nc4ccccc4n3Cc3ccccc3F)CC2)cc1. The lowest BCUT2D eigenvalue weighted by atomic mass is 9.96. The molecule has 0 radical (unpaired) electrons. The fourth-order valence-electron chi connectivity index (χ4n) is 4.64. The van der Waals surface area contributed by atoms with Crippen LogP contribution in [0.25, 0.3) is 11.0 Å². The summed E-state index contributed by atoms with van der Waals surface area (Å²) >= 11 is 0. The van der Waals surface area contributed by atoms with Gasteiger partial charge in [0.15, 0.2) is 0 Å². The Morgan fingerprint density at radius 2 is 1.71 bits per heavy atom. The summed E-state index contributed by atoms with van der Waals surface area (Å²) < 4.78 is 16.5. The number of hydrogen-bond acceptors (Lipinski definition) is 3. The van der Waals surface area contributed by atoms with E-state index >= 15 is 0 Å². The van der Waals surface area contributed by atoms with Gasteiger partial charge in [-0.15, -0.1) is 0 Å². The molecule has 4 aromatic rings. The molecule has 1 fully saturated rings. The normalized spacial score (nSPS) is 14.5. The first kappa shape index (κ1) is 22.1. The second kappa shape index (κ2) is 9.67. The number of carbonyl (C=O) groups excluding carboxylic acids is 1. The van der Waals surface area contributed by atoms with E-state index in [0.29, 0.717) is 18.7 Å². The van der Waals surface area contributed by atoms with Gasteiger partial charge in [0.1, 0.15) is 5.82 Å². The van der Waals surface area contributed by atoms with E-state index in [-0.39, 0.29) is 17.6 Å². The Balaban J connectivity index is 1.28. The number of aryl methyl sites for hydroxylation is 1. The molecule has 174 valence electrons. The molecule has 1 aliphatic rings. The summed E-state index contributed by atoms with van der Waals surface area (Å²) in [6.45, 7) is 4.50. The van der Waals surface area contributed by atoms with Gasteiger partial charge in [0.25, 0.3) is 0 Å². The minimum Gasteiger partial charge on any atom is -0.352 e. The van der Waals surface area contributed by atoms with Crippen molar-refractivity contribution in [1.82, 2.24) is 14.9 Å². The average molecular weight is 457 g/mol. The summed E-state index contributed by atoms with van der Waals surface area (Å²) in [4.78, 5) is 19.9. The van der Waals surface area contributed by atoms with Crippen molar-refractivity contribution in [2.75, 3.05) is 18.0 Å². The number of imidazole rings is 1. The summed E-state index contributed by atoms with van der Waals surface area (Å²) in [5.74, 6) is 0.726. The van der Waals surface area contributed by atoms with E-state index in [1.54, 1.807) is 6.07 Å². The predicted molar refractivity (Wildman–Crippen MR) is 133 cm³/mol. The van der Waals surface area contributed by atoms with E-state index in [1.165, 1.54) is 11.6 Å². The number of carbonyl (C=O) groups is 1. The van der Waals surface area contributed by atoms with Gasteiger partial charge in [-0.25, -0.2) is 9.37 Å². The molecule has 1 amide bonds. The van der Waals surface area contributed by atoms with E-state index in [0.717, 1.165) is 48.5 Å². The second-order valence-electron chi connectivity index (χ2n) is 9.04. The highest BCUT2D eigenvalue weighted by atomic mass is 19.1. The number of nitrogens with zero attached hydrogens (tertiary/aromatic N) is 3. The van der Waals surface area contributed by atoms with E-state index in [1.807, 2.05) is 36.4 Å². The lowest BCUT2D eigenvalue weighted by Gasteiger charge is -2.32. The molecule has 0 aliphatic carbocycles. The van der Waals surface area contributed by atoms with Gasteiger partial charge in [0.05, 0.1) is 17.6 Å². The van der Waals surface area contributed by atoms with E-state index in [9.17, 15) is 9.18 Å². The summed E-state index contributed by atoms with van der Waals surface area (Å²) in [6, 6.07) is 23.1. The summed E-state index contributed by atoms with van der Waals surface area (Å²) in [6.07, 6.45) is 1.53. The summed E-state index contributed by atoms with van der Waals surface area (Å²) in [5, 5.41) is 3.09. The number of benzene rings is 3. The average Bonchev–Trinajstić information content (AvgIpc) is 3.23. The quantitative estimate of drug-likeness (QED) is 0.441. The lowest BCUT2D eigenvalue weighted by Crippen LogP contribution is -2.41. The molecule has 0 bridgehead atoms. The standard InChI is InChI=1S/C28H29FN4O/c1-20-10-12-21(13-11-20)18-30-27(34)22-14-16-32(17-15-22)28-31-25-8-4-5-9-26(25)33(28)19-23-6-2-3-7-24(23)29/h2-13,22H,14-19H2,1H3,(H,30,34). The Bertz CT molecular complexity index is 1290. The number of fused-ring (bicyclic) bond motifs is 1. The maximum Gasteiger partial charge on any atom is 0.223 e. The highest BCUT2D eigenvalue weighted by Gasteiger charge is 2.27. The summed E-state index contributed by atoms with van der Waals surface area (Å²) in [5.41, 5.74) is 4.84. The first-order valence-corrected chi connectivity index (χ1v) is 11.9. The van der Waals surface area contributed by atoms with Crippen LogP contribution in [-0.4, -0.2) is 28.5 Å². The van der Waals surface area contributed by atoms with Gasteiger partial charge < -0.3 is 14.8 Å². The number of para-hydroxylation sites is 2. The lowest BCUT2D eigenvalue weighted by molar-refractivity contribution is -0.125. The zero-order valence-electron chi connectivity index (χ0n) is 19.4. The Morgan fingerprint density at radius 1 is 1.00 bits per heavy atom. The largest absolute Gasteiger partial charge is 0.352 e. The topological polar surface area (TPSA) is 50.2 Å². The Labute approximate surface area is 199 Å². The van der Waals surface area contributed by atoms with Crippen LogP contribution in [-0.2, 0) is 17.9 Å². The van der Waals surface area contributed by atoms with Crippen molar-refractivity contribution in [3.63, 3.8) is 0 Å². The Hall–Kier alpha value is -3.67. The first-order chi connectivity index (χ1) is 16.6. The molecule has 1 aliphatic heterocycles. The third-order valence-corrected chi connectivity index (χ3v) is 6.66. The zero-order chi connectivity index (χ0) is 23.5. The van der Waals surface area contributed by atoms with Crippen LogP contribution in [0.1, 0.15) is 29.5 Å². The van der Waals surface area contributed by atoms with Gasteiger partial charge in [-0.3, -0.25) is 4.79 Å². The minimum absolute atomic E-state index is 0.00825. The summed E-state index contributed by atoms with van der Waals surface area (Å²) in [7, 11) is 0. The number of rotatable bonds is 6. The minimum atomic E-state index is -0.213. The third kappa shape index (κ3) is 4.67. The maximum atomic E-state index is 14.4. The van der Waals surface area contributed by atoms with Gasteiger partial charge in [-0.1, -0.05) is 60.2 Å². The number of anilines is 1. The second-order valence-corrected chi connectivity index (χ2v) is 9.04. The molecule has 0 atom stereocenters. The fourth-order valence-corrected chi connectivity index (χ4v) is 4.64. The van der Waals surface area contributed by atoms with Gasteiger partial charge in [0, 0.05) is 31.1 Å². The molecule has 0 unspecified atom stereocenters. The number of hydrogen-bond donors (Lipinski definition) is 1. The first-order valence-electron chi connectivity index (χ1n) is 11.9. The maximum absolute atomic E-state index is 14.4. The number of amides is 1. The van der Waals surface area contributed by atoms with Gasteiger partial charge in [-0.2, -0.15) is 0 Å². The molecule has 5 nitrogen and oxygen atoms in total. The van der Waals surface area contributed by atoms with Crippen LogP contribution in [0.3, 0.4) is 0 Å². The zero-order valence-corrected chi connectivity index (χ0v) is 19.4. The van der Waals surface area contributed by atoms with Crippen molar-refractivity contribution >= 4 is 22.9 Å². The van der Waals surface area contributed by atoms with E-state index in [4.69, 9.17) is 4.98 Å². The van der Waals surface area contributed by atoms with Crippen LogP contribution in [0.2, 0.25) is 0 Å². The van der Waals surface area contributed by atoms with Crippen molar-refractivity contribution in [3.05, 3.63) is 95.3 Å². The molecule has 0 saturated carbocycles. The van der Waals surface area contributed by atoms with Crippen molar-refractivity contribution in [2.24, 2.45) is 5.92 Å². The van der Waals surface area contributed by atoms with Crippen molar-refractivity contribution in [2.45, 2.75) is 32.9 Å². The van der Waals surface area contributed by atoms with Crippen LogP contribution in [0, 0.1) is 18.7 Å². The molecular formula is C28H29FN4O. The van der Waals surface area contributed by atoms with Crippen LogP contribution in [0.5, 0.6) is 0 Å². The monoisotopic (exact) mass is 456 g/mol. The van der Waals surface area contributed by atoms with Crippen LogP contribution < -0.4 is 10.2 Å². The van der Waals surface area contributed by atoms with Crippen LogP contribution in [0.15, 0.2) is 72.8 Å². The number of aromatic nitrogens is 2. The molecule has 5 rings (SSSR count). The third-order valence-electron chi connectivity index (χ3n) is 6.66. The molecule has 3 aromatic carbocycles. The van der Waals surface area contributed by atoms with E-state index in [2.05, 4.69) is 46.0 Å². The van der Waals surface area contributed by atoms with E-state index < -0.39 is 0 Å². The van der Waals surface area contributed by atoms with Crippen LogP contribution in [0.4, 0.5) is 10.3 Å². The Kier molecular flexibility index (Phi) is 6.30. The van der Waals surface area contributed by atoms with Crippen molar-refractivity contribution in [3.8, 4) is 0 Å². The smallest absolute Gasteiger partial charge is 0.223 e. The molecule has 6 heteroatoms. The van der Waals surface area contributed by atoms with Crippen molar-refractivity contribution < 1.29 is 9.18 Å². The predicted octanol–water partition coefficient (Wildman–Crippen LogP) is 5.06. The molecule has 34 heavy (non-hydrogen) atoms. The van der Waals surface area contributed by atoms with Gasteiger partial charge >= 0.3 is 0 Å². The molecular weight excluding hydrogens is 427 g/mol. The molecule has 1 aromatic heterocycles. The molecule has 2 heterocycles. The number of nitrogens with one attached hydrogen (secondary N) is 1. The number of halogens is 1.